The zero-order valence-electron chi connectivity index (χ0n) is 14.6. The smallest absolute Gasteiger partial charge is 0.417 e. The second-order valence-corrected chi connectivity index (χ2v) is 7.32. The summed E-state index contributed by atoms with van der Waals surface area (Å²) >= 11 is 0. The van der Waals surface area contributed by atoms with Crippen molar-refractivity contribution in [3.05, 3.63) is 53.7 Å². The van der Waals surface area contributed by atoms with Crippen LogP contribution in [0.2, 0.25) is 0 Å². The van der Waals surface area contributed by atoms with E-state index in [2.05, 4.69) is 4.98 Å². The second kappa shape index (κ2) is 8.82. The van der Waals surface area contributed by atoms with Gasteiger partial charge in [0.05, 0.1) is 18.8 Å². The number of rotatable bonds is 8. The van der Waals surface area contributed by atoms with E-state index in [1.807, 2.05) is 0 Å². The van der Waals surface area contributed by atoms with Gasteiger partial charge in [0, 0.05) is 17.8 Å². The van der Waals surface area contributed by atoms with Gasteiger partial charge in [-0.25, -0.2) is 9.37 Å². The highest BCUT2D eigenvalue weighted by molar-refractivity contribution is 7.54. The van der Waals surface area contributed by atoms with Crippen molar-refractivity contribution in [2.75, 3.05) is 13.2 Å². The molecule has 0 fully saturated rings. The fourth-order valence-electron chi connectivity index (χ4n) is 2.17. The molecule has 0 amide bonds. The van der Waals surface area contributed by atoms with Crippen molar-refractivity contribution in [1.29, 1.82) is 0 Å². The van der Waals surface area contributed by atoms with Gasteiger partial charge in [-0.1, -0.05) is 12.1 Å². The molecule has 0 spiro atoms. The third-order valence-electron chi connectivity index (χ3n) is 3.31. The van der Waals surface area contributed by atoms with Crippen LogP contribution in [0.15, 0.2) is 42.6 Å². The van der Waals surface area contributed by atoms with Crippen molar-refractivity contribution in [3.63, 3.8) is 0 Å². The van der Waals surface area contributed by atoms with Crippen molar-refractivity contribution in [1.82, 2.24) is 4.98 Å². The average Bonchev–Trinajstić information content (AvgIpc) is 2.61. The van der Waals surface area contributed by atoms with Crippen LogP contribution in [0, 0.1) is 0 Å². The zero-order chi connectivity index (χ0) is 20.1. The Kier molecular flexibility index (Phi) is 6.97. The van der Waals surface area contributed by atoms with Crippen LogP contribution in [0.5, 0.6) is 11.6 Å². The molecule has 0 saturated heterocycles. The first-order chi connectivity index (χ1) is 12.7. The van der Waals surface area contributed by atoms with Gasteiger partial charge in [-0.15, -0.1) is 0 Å². The number of pyridine rings is 1. The molecule has 1 aromatic heterocycles. The van der Waals surface area contributed by atoms with Crippen LogP contribution in [0.1, 0.15) is 30.9 Å². The molecule has 0 aliphatic carbocycles. The van der Waals surface area contributed by atoms with E-state index in [1.165, 1.54) is 24.3 Å². The van der Waals surface area contributed by atoms with Crippen LogP contribution in [-0.4, -0.2) is 18.2 Å². The van der Waals surface area contributed by atoms with Crippen LogP contribution in [-0.2, 0) is 19.8 Å². The number of benzene rings is 1. The topological polar surface area (TPSA) is 57.7 Å². The number of halogens is 4. The molecule has 1 atom stereocenters. The molecule has 0 bridgehead atoms. The van der Waals surface area contributed by atoms with Gasteiger partial charge < -0.3 is 13.8 Å². The van der Waals surface area contributed by atoms with Crippen molar-refractivity contribution >= 4 is 7.60 Å². The standard InChI is InChI=1S/C17H18F4NO4P/c1-3-24-27(23,25-4-2)16(18)12-6-5-7-14(10-12)26-15-9-8-13(11-22-15)17(19,20)21/h5-11,16H,3-4H2,1-2H3. The molecule has 1 unspecified atom stereocenters. The Bertz CT molecular complexity index is 788. The Balaban J connectivity index is 2.20. The lowest BCUT2D eigenvalue weighted by Gasteiger charge is -2.21. The highest BCUT2D eigenvalue weighted by Crippen LogP contribution is 2.61. The monoisotopic (exact) mass is 407 g/mol. The summed E-state index contributed by atoms with van der Waals surface area (Å²) in [5.74, 6) is -2.03. The van der Waals surface area contributed by atoms with E-state index in [0.29, 0.717) is 6.20 Å². The molecule has 2 aromatic rings. The van der Waals surface area contributed by atoms with Gasteiger partial charge >= 0.3 is 13.8 Å². The van der Waals surface area contributed by atoms with Crippen LogP contribution < -0.4 is 4.74 Å². The molecule has 10 heteroatoms. The highest BCUT2D eigenvalue weighted by atomic mass is 31.2. The quantitative estimate of drug-likeness (QED) is 0.389. The summed E-state index contributed by atoms with van der Waals surface area (Å²) in [6.45, 7) is 3.13. The number of alkyl halides is 4. The number of aromatic nitrogens is 1. The summed E-state index contributed by atoms with van der Waals surface area (Å²) < 4.78 is 80.3. The summed E-state index contributed by atoms with van der Waals surface area (Å²) in [5.41, 5.74) is -0.925. The fourth-order valence-corrected chi connectivity index (χ4v) is 3.75. The van der Waals surface area contributed by atoms with Gasteiger partial charge in [-0.2, -0.15) is 13.2 Å². The van der Waals surface area contributed by atoms with E-state index in [4.69, 9.17) is 13.8 Å². The first-order valence-electron chi connectivity index (χ1n) is 8.03. The maximum Gasteiger partial charge on any atom is 0.417 e. The highest BCUT2D eigenvalue weighted by Gasteiger charge is 2.37. The molecule has 27 heavy (non-hydrogen) atoms. The molecule has 0 radical (unpaired) electrons. The Hall–Kier alpha value is -1.96. The number of nitrogens with zero attached hydrogens (tertiary/aromatic N) is 1. The summed E-state index contributed by atoms with van der Waals surface area (Å²) in [6, 6.07) is 7.42. The summed E-state index contributed by atoms with van der Waals surface area (Å²) in [7, 11) is -4.02. The minimum absolute atomic E-state index is 0.00334. The first kappa shape index (κ1) is 21.3. The van der Waals surface area contributed by atoms with Gasteiger partial charge in [0.15, 0.2) is 0 Å². The normalized spacial score (nSPS) is 13.4. The summed E-state index contributed by atoms with van der Waals surface area (Å²) in [4.78, 5) is 3.58. The SMILES string of the molecule is CCOP(=O)(OCC)C(F)c1cccc(Oc2ccc(C(F)(F)F)cn2)c1. The Morgan fingerprint density at radius 1 is 1.11 bits per heavy atom. The number of hydrogen-bond donors (Lipinski definition) is 0. The van der Waals surface area contributed by atoms with Crippen LogP contribution in [0.25, 0.3) is 0 Å². The molecular formula is C17H18F4NO4P. The zero-order valence-corrected chi connectivity index (χ0v) is 15.5. The first-order valence-corrected chi connectivity index (χ1v) is 9.64. The predicted octanol–water partition coefficient (Wildman–Crippen LogP) is 6.13. The van der Waals surface area contributed by atoms with Crippen LogP contribution in [0.4, 0.5) is 17.6 Å². The molecule has 0 aliphatic rings. The molecule has 0 aliphatic heterocycles. The van der Waals surface area contributed by atoms with E-state index in [-0.39, 0.29) is 30.4 Å². The van der Waals surface area contributed by atoms with Gasteiger partial charge in [0.1, 0.15) is 5.75 Å². The van der Waals surface area contributed by atoms with E-state index in [9.17, 15) is 22.1 Å². The largest absolute Gasteiger partial charge is 0.439 e. The van der Waals surface area contributed by atoms with Gasteiger partial charge in [0.2, 0.25) is 11.8 Å². The molecule has 2 rings (SSSR count). The van der Waals surface area contributed by atoms with Crippen LogP contribution in [0.3, 0.4) is 0 Å². The van der Waals surface area contributed by atoms with E-state index in [1.54, 1.807) is 13.8 Å². The molecule has 1 aromatic carbocycles. The Labute approximate surface area is 153 Å². The fraction of sp³-hybridized carbons (Fsp3) is 0.353. The third-order valence-corrected chi connectivity index (χ3v) is 5.40. The molecule has 0 N–H and O–H groups in total. The molecule has 0 saturated carbocycles. The van der Waals surface area contributed by atoms with Crippen molar-refractivity contribution in [2.45, 2.75) is 25.9 Å². The summed E-state index contributed by atoms with van der Waals surface area (Å²) in [6.07, 6.45) is -3.87. The van der Waals surface area contributed by atoms with Crippen molar-refractivity contribution in [3.8, 4) is 11.6 Å². The number of ether oxygens (including phenoxy) is 1. The molecule has 1 heterocycles. The maximum atomic E-state index is 14.8. The second-order valence-electron chi connectivity index (χ2n) is 5.27. The molecule has 148 valence electrons. The van der Waals surface area contributed by atoms with Gasteiger partial charge in [-0.3, -0.25) is 4.57 Å². The lowest BCUT2D eigenvalue weighted by Crippen LogP contribution is -2.05. The lowest BCUT2D eigenvalue weighted by molar-refractivity contribution is -0.137. The molecular weight excluding hydrogens is 389 g/mol. The van der Waals surface area contributed by atoms with Gasteiger partial charge in [-0.05, 0) is 32.0 Å². The number of hydrogen-bond acceptors (Lipinski definition) is 5. The Morgan fingerprint density at radius 3 is 2.30 bits per heavy atom. The van der Waals surface area contributed by atoms with Crippen molar-refractivity contribution in [2.24, 2.45) is 0 Å². The van der Waals surface area contributed by atoms with Gasteiger partial charge in [0.25, 0.3) is 0 Å². The molecule has 5 nitrogen and oxygen atoms in total. The van der Waals surface area contributed by atoms with E-state index in [0.717, 1.165) is 12.1 Å². The lowest BCUT2D eigenvalue weighted by atomic mass is 10.2. The predicted molar refractivity (Wildman–Crippen MR) is 90.5 cm³/mol. The average molecular weight is 407 g/mol. The van der Waals surface area contributed by atoms with Crippen LogP contribution >= 0.6 is 7.60 Å². The van der Waals surface area contributed by atoms with E-state index < -0.39 is 25.2 Å². The van der Waals surface area contributed by atoms with E-state index >= 15 is 0 Å². The van der Waals surface area contributed by atoms with Crippen molar-refractivity contribution < 1.29 is 35.9 Å². The summed E-state index contributed by atoms with van der Waals surface area (Å²) in [5, 5.41) is 0. The minimum Gasteiger partial charge on any atom is -0.439 e. The minimum atomic E-state index is -4.51. The maximum absolute atomic E-state index is 14.8. The third kappa shape index (κ3) is 5.51. The Morgan fingerprint density at radius 2 is 1.78 bits per heavy atom.